The molecule has 1 unspecified atom stereocenters. The summed E-state index contributed by atoms with van der Waals surface area (Å²) < 4.78 is 5.43. The molecule has 1 rings (SSSR count). The molecule has 0 amide bonds. The van der Waals surface area contributed by atoms with Crippen LogP contribution in [-0.2, 0) is 4.74 Å². The summed E-state index contributed by atoms with van der Waals surface area (Å²) in [6, 6.07) is 0.626. The Labute approximate surface area is 113 Å². The molecule has 3 nitrogen and oxygen atoms in total. The van der Waals surface area contributed by atoms with Gasteiger partial charge in [0.2, 0.25) is 0 Å². The lowest BCUT2D eigenvalue weighted by atomic mass is 9.85. The lowest BCUT2D eigenvalue weighted by Gasteiger charge is -2.53. The van der Waals surface area contributed by atoms with Crippen molar-refractivity contribution in [3.8, 4) is 0 Å². The second kappa shape index (κ2) is 6.36. The van der Waals surface area contributed by atoms with Crippen molar-refractivity contribution >= 4 is 0 Å². The van der Waals surface area contributed by atoms with Crippen LogP contribution in [0, 0.1) is 0 Å². The average molecular weight is 256 g/mol. The molecule has 0 aliphatic carbocycles. The third-order valence-electron chi connectivity index (χ3n) is 4.73. The van der Waals surface area contributed by atoms with E-state index in [1.807, 2.05) is 0 Å². The molecule has 1 saturated heterocycles. The molecule has 1 fully saturated rings. The molecule has 108 valence electrons. The zero-order valence-electron chi connectivity index (χ0n) is 13.2. The lowest BCUT2D eigenvalue weighted by Crippen LogP contribution is -2.68. The number of nitrogens with zero attached hydrogens (tertiary/aromatic N) is 1. The fourth-order valence-corrected chi connectivity index (χ4v) is 3.19. The Kier molecular flexibility index (Phi) is 5.63. The summed E-state index contributed by atoms with van der Waals surface area (Å²) in [5, 5.41) is 3.79. The van der Waals surface area contributed by atoms with Gasteiger partial charge in [-0.05, 0) is 33.1 Å². The molecule has 0 bridgehead atoms. The number of piperazine rings is 1. The summed E-state index contributed by atoms with van der Waals surface area (Å²) >= 11 is 0. The van der Waals surface area contributed by atoms with Gasteiger partial charge in [-0.25, -0.2) is 0 Å². The number of rotatable bonds is 6. The van der Waals surface area contributed by atoms with Crippen molar-refractivity contribution in [2.75, 3.05) is 26.8 Å². The molecule has 1 aliphatic rings. The Morgan fingerprint density at radius 2 is 1.89 bits per heavy atom. The van der Waals surface area contributed by atoms with E-state index in [1.165, 1.54) is 19.3 Å². The van der Waals surface area contributed by atoms with E-state index in [2.05, 4.69) is 44.8 Å². The van der Waals surface area contributed by atoms with Gasteiger partial charge in [0.25, 0.3) is 0 Å². The molecule has 1 aliphatic heterocycles. The zero-order valence-corrected chi connectivity index (χ0v) is 13.2. The van der Waals surface area contributed by atoms with Gasteiger partial charge in [0.05, 0.1) is 6.61 Å². The van der Waals surface area contributed by atoms with Gasteiger partial charge in [0.15, 0.2) is 0 Å². The first-order chi connectivity index (χ1) is 8.44. The second-order valence-corrected chi connectivity index (χ2v) is 6.30. The number of ether oxygens (including phenoxy) is 1. The highest BCUT2D eigenvalue weighted by molar-refractivity contribution is 5.00. The van der Waals surface area contributed by atoms with Crippen molar-refractivity contribution in [1.82, 2.24) is 10.2 Å². The highest BCUT2D eigenvalue weighted by Crippen LogP contribution is 2.29. The van der Waals surface area contributed by atoms with E-state index in [9.17, 15) is 0 Å². The Morgan fingerprint density at radius 3 is 2.33 bits per heavy atom. The average Bonchev–Trinajstić information content (AvgIpc) is 2.38. The van der Waals surface area contributed by atoms with Crippen LogP contribution in [0.25, 0.3) is 0 Å². The van der Waals surface area contributed by atoms with Gasteiger partial charge >= 0.3 is 0 Å². The SMILES string of the molecule is CCC1CNC(CC)(CC)CN1C(C)(C)COC. The normalized spacial score (nSPS) is 25.3. The smallest absolute Gasteiger partial charge is 0.0641 e. The van der Waals surface area contributed by atoms with Gasteiger partial charge in [-0.2, -0.15) is 0 Å². The zero-order chi connectivity index (χ0) is 13.8. The molecule has 0 radical (unpaired) electrons. The third kappa shape index (κ3) is 3.25. The predicted octanol–water partition coefficient (Wildman–Crippen LogP) is 2.65. The van der Waals surface area contributed by atoms with Gasteiger partial charge in [0.1, 0.15) is 0 Å². The molecule has 0 spiro atoms. The topological polar surface area (TPSA) is 24.5 Å². The molecule has 18 heavy (non-hydrogen) atoms. The van der Waals surface area contributed by atoms with E-state index < -0.39 is 0 Å². The fourth-order valence-electron chi connectivity index (χ4n) is 3.19. The van der Waals surface area contributed by atoms with Crippen molar-refractivity contribution in [1.29, 1.82) is 0 Å². The van der Waals surface area contributed by atoms with Gasteiger partial charge in [-0.1, -0.05) is 20.8 Å². The van der Waals surface area contributed by atoms with Crippen LogP contribution in [0.5, 0.6) is 0 Å². The van der Waals surface area contributed by atoms with Crippen LogP contribution in [0.15, 0.2) is 0 Å². The molecule has 1 heterocycles. The summed E-state index contributed by atoms with van der Waals surface area (Å²) in [5.41, 5.74) is 0.407. The second-order valence-electron chi connectivity index (χ2n) is 6.30. The molecule has 0 aromatic heterocycles. The molecule has 0 aromatic carbocycles. The van der Waals surface area contributed by atoms with Crippen molar-refractivity contribution in [2.45, 2.75) is 71.0 Å². The first kappa shape index (κ1) is 15.9. The monoisotopic (exact) mass is 256 g/mol. The van der Waals surface area contributed by atoms with Gasteiger partial charge < -0.3 is 10.1 Å². The Balaban J connectivity index is 2.88. The Bertz CT molecular complexity index is 249. The number of nitrogens with one attached hydrogen (secondary N) is 1. The molecule has 1 N–H and O–H groups in total. The number of hydrogen-bond acceptors (Lipinski definition) is 3. The van der Waals surface area contributed by atoms with Crippen LogP contribution in [-0.4, -0.2) is 48.8 Å². The highest BCUT2D eigenvalue weighted by atomic mass is 16.5. The largest absolute Gasteiger partial charge is 0.383 e. The van der Waals surface area contributed by atoms with Crippen LogP contribution in [0.2, 0.25) is 0 Å². The number of methoxy groups -OCH3 is 1. The molecule has 3 heteroatoms. The quantitative estimate of drug-likeness (QED) is 0.791. The summed E-state index contributed by atoms with van der Waals surface area (Å²) in [7, 11) is 1.80. The minimum Gasteiger partial charge on any atom is -0.383 e. The maximum atomic E-state index is 5.43. The fraction of sp³-hybridized carbons (Fsp3) is 1.00. The van der Waals surface area contributed by atoms with E-state index in [-0.39, 0.29) is 11.1 Å². The predicted molar refractivity (Wildman–Crippen MR) is 78.1 cm³/mol. The van der Waals surface area contributed by atoms with Crippen LogP contribution in [0.4, 0.5) is 0 Å². The van der Waals surface area contributed by atoms with Crippen LogP contribution in [0.1, 0.15) is 53.9 Å². The van der Waals surface area contributed by atoms with Crippen molar-refractivity contribution in [3.05, 3.63) is 0 Å². The maximum absolute atomic E-state index is 5.43. The van der Waals surface area contributed by atoms with Crippen molar-refractivity contribution in [2.24, 2.45) is 0 Å². The van der Waals surface area contributed by atoms with E-state index >= 15 is 0 Å². The van der Waals surface area contributed by atoms with Gasteiger partial charge in [-0.3, -0.25) is 4.90 Å². The summed E-state index contributed by atoms with van der Waals surface area (Å²) in [4.78, 5) is 2.67. The van der Waals surface area contributed by atoms with Gasteiger partial charge in [0, 0.05) is 37.3 Å². The molecule has 0 saturated carbocycles. The van der Waals surface area contributed by atoms with E-state index in [1.54, 1.807) is 7.11 Å². The van der Waals surface area contributed by atoms with Crippen molar-refractivity contribution < 1.29 is 4.74 Å². The molecule has 0 aromatic rings. The first-order valence-corrected chi connectivity index (χ1v) is 7.45. The van der Waals surface area contributed by atoms with E-state index in [0.717, 1.165) is 19.7 Å². The van der Waals surface area contributed by atoms with Gasteiger partial charge in [-0.15, -0.1) is 0 Å². The van der Waals surface area contributed by atoms with Crippen LogP contribution < -0.4 is 5.32 Å². The van der Waals surface area contributed by atoms with E-state index in [0.29, 0.717) is 6.04 Å². The lowest BCUT2D eigenvalue weighted by molar-refractivity contribution is -0.0394. The first-order valence-electron chi connectivity index (χ1n) is 7.45. The van der Waals surface area contributed by atoms with Crippen molar-refractivity contribution in [3.63, 3.8) is 0 Å². The molecule has 1 atom stereocenters. The van der Waals surface area contributed by atoms with Crippen LogP contribution in [0.3, 0.4) is 0 Å². The molecular weight excluding hydrogens is 224 g/mol. The summed E-state index contributed by atoms with van der Waals surface area (Å²) in [6.45, 7) is 14.5. The Morgan fingerprint density at radius 1 is 1.28 bits per heavy atom. The summed E-state index contributed by atoms with van der Waals surface area (Å²) in [6.07, 6.45) is 3.59. The number of hydrogen-bond donors (Lipinski definition) is 1. The highest BCUT2D eigenvalue weighted by Gasteiger charge is 2.41. The minimum absolute atomic E-state index is 0.118. The summed E-state index contributed by atoms with van der Waals surface area (Å²) in [5.74, 6) is 0. The Hall–Kier alpha value is -0.120. The van der Waals surface area contributed by atoms with Crippen LogP contribution >= 0.6 is 0 Å². The third-order valence-corrected chi connectivity index (χ3v) is 4.73. The van der Waals surface area contributed by atoms with E-state index in [4.69, 9.17) is 4.74 Å². The molecular formula is C15H32N2O. The minimum atomic E-state index is 0.118. The standard InChI is InChI=1S/C15H32N2O/c1-7-13-10-16-15(8-2,9-3)11-17(13)14(4,5)12-18-6/h13,16H,7-12H2,1-6H3. The maximum Gasteiger partial charge on any atom is 0.0641 e.